The molecule has 0 radical (unpaired) electrons. The summed E-state index contributed by atoms with van der Waals surface area (Å²) in [4.78, 5) is 31.2. The fraction of sp³-hybridized carbons (Fsp3) is 0.350. The van der Waals surface area contributed by atoms with Gasteiger partial charge in [0.05, 0.1) is 33.4 Å². The number of nitrogens with two attached hydrogens (primary N) is 1. The number of halogens is 3. The van der Waals surface area contributed by atoms with E-state index in [9.17, 15) is 14.0 Å². The average Bonchev–Trinajstić information content (AvgIpc) is 2.72. The van der Waals surface area contributed by atoms with Gasteiger partial charge in [-0.05, 0) is 12.1 Å². The molecule has 1 aromatic rings. The molecule has 0 aliphatic carbocycles. The van der Waals surface area contributed by atoms with E-state index in [1.54, 1.807) is 18.5 Å². The van der Waals surface area contributed by atoms with Crippen LogP contribution >= 0.6 is 23.2 Å². The number of benzene rings is 1. The Morgan fingerprint density at radius 2 is 1.90 bits per heavy atom. The van der Waals surface area contributed by atoms with Gasteiger partial charge in [-0.15, -0.1) is 0 Å². The quantitative estimate of drug-likeness (QED) is 0.371. The number of ketones is 1. The molecule has 160 valence electrons. The number of rotatable bonds is 8. The molecule has 1 heterocycles. The van der Waals surface area contributed by atoms with Gasteiger partial charge in [-0.2, -0.15) is 10.2 Å². The lowest BCUT2D eigenvalue weighted by Gasteiger charge is -2.29. The number of carbonyl (C=O) groups excluding carboxylic acids is 2. The fourth-order valence-electron chi connectivity index (χ4n) is 2.93. The second-order valence-electron chi connectivity index (χ2n) is 6.64. The first-order chi connectivity index (χ1) is 14.3. The number of amides is 1. The van der Waals surface area contributed by atoms with Crippen molar-refractivity contribution in [3.8, 4) is 0 Å². The van der Waals surface area contributed by atoms with Gasteiger partial charge in [-0.1, -0.05) is 36.2 Å². The summed E-state index contributed by atoms with van der Waals surface area (Å²) < 4.78 is 13.3. The zero-order valence-electron chi connectivity index (χ0n) is 16.6. The molecule has 7 nitrogen and oxygen atoms in total. The Labute approximate surface area is 184 Å². The zero-order valence-corrected chi connectivity index (χ0v) is 18.1. The van der Waals surface area contributed by atoms with Gasteiger partial charge in [-0.3, -0.25) is 14.6 Å². The van der Waals surface area contributed by atoms with Crippen LogP contribution in [0, 0.1) is 11.8 Å². The summed E-state index contributed by atoms with van der Waals surface area (Å²) in [5.74, 6) is -1.31. The Kier molecular flexibility index (Phi) is 8.68. The van der Waals surface area contributed by atoms with Crippen molar-refractivity contribution >= 4 is 53.0 Å². The highest BCUT2D eigenvalue weighted by atomic mass is 35.5. The molecule has 0 saturated heterocycles. The zero-order chi connectivity index (χ0) is 22.3. The van der Waals surface area contributed by atoms with Crippen LogP contribution in [0.1, 0.15) is 17.3 Å². The van der Waals surface area contributed by atoms with Crippen LogP contribution in [0.5, 0.6) is 0 Å². The van der Waals surface area contributed by atoms with Crippen molar-refractivity contribution < 1.29 is 14.0 Å². The summed E-state index contributed by atoms with van der Waals surface area (Å²) >= 11 is 12.3. The van der Waals surface area contributed by atoms with E-state index in [-0.39, 0.29) is 51.8 Å². The maximum atomic E-state index is 13.3. The molecule has 0 bridgehead atoms. The summed E-state index contributed by atoms with van der Waals surface area (Å²) in [6, 6.07) is 4.69. The highest BCUT2D eigenvalue weighted by molar-refractivity contribution is 6.40. The predicted octanol–water partition coefficient (Wildman–Crippen LogP) is 3.21. The standard InChI is InChI=1S/C20H22Cl2FN5O2/c1-12-8-26-27-9-13(12)10-28(20(30)14(7-24)17(6-23)25-2)11-18(29)19-15(21)4-3-5-16(19)22/h3-5,7-9,12-13H,6,10-11,24H2,1-2H3. The van der Waals surface area contributed by atoms with E-state index in [2.05, 4.69) is 15.2 Å². The average molecular weight is 454 g/mol. The van der Waals surface area contributed by atoms with E-state index in [1.807, 2.05) is 6.92 Å². The van der Waals surface area contributed by atoms with Crippen molar-refractivity contribution in [2.24, 2.45) is 32.8 Å². The maximum absolute atomic E-state index is 13.3. The summed E-state index contributed by atoms with van der Waals surface area (Å²) in [6.45, 7) is 0.730. The Bertz CT molecular complexity index is 910. The first-order valence-corrected chi connectivity index (χ1v) is 9.86. The first-order valence-electron chi connectivity index (χ1n) is 9.11. The van der Waals surface area contributed by atoms with Crippen LogP contribution in [0.3, 0.4) is 0 Å². The van der Waals surface area contributed by atoms with Crippen molar-refractivity contribution in [1.29, 1.82) is 0 Å². The predicted molar refractivity (Wildman–Crippen MR) is 119 cm³/mol. The van der Waals surface area contributed by atoms with Crippen molar-refractivity contribution in [3.63, 3.8) is 0 Å². The SMILES string of the molecule is CN=C(CF)C(=CN)C(=O)N(CC(=O)c1c(Cl)cccc1Cl)CC1C=NN=CC1C. The normalized spacial score (nSPS) is 19.1. The molecule has 2 rings (SSSR count). The molecular formula is C20H22Cl2FN5O2. The van der Waals surface area contributed by atoms with E-state index in [4.69, 9.17) is 28.9 Å². The van der Waals surface area contributed by atoms with Crippen LogP contribution in [0.15, 0.2) is 45.2 Å². The third kappa shape index (κ3) is 5.52. The van der Waals surface area contributed by atoms with Crippen molar-refractivity contribution in [2.45, 2.75) is 6.92 Å². The summed E-state index contributed by atoms with van der Waals surface area (Å²) in [5.41, 5.74) is 5.47. The van der Waals surface area contributed by atoms with Crippen molar-refractivity contribution in [1.82, 2.24) is 4.90 Å². The molecule has 1 aromatic carbocycles. The Morgan fingerprint density at radius 1 is 1.27 bits per heavy atom. The molecule has 0 spiro atoms. The molecule has 10 heteroatoms. The minimum absolute atomic E-state index is 0.0254. The minimum Gasteiger partial charge on any atom is -0.404 e. The van der Waals surface area contributed by atoms with Gasteiger partial charge >= 0.3 is 0 Å². The number of hydrogen-bond donors (Lipinski definition) is 1. The Morgan fingerprint density at radius 3 is 2.43 bits per heavy atom. The number of nitrogens with zero attached hydrogens (tertiary/aromatic N) is 4. The highest BCUT2D eigenvalue weighted by Crippen LogP contribution is 2.25. The van der Waals surface area contributed by atoms with Gasteiger partial charge in [-0.25, -0.2) is 4.39 Å². The Hall–Kier alpha value is -2.58. The summed E-state index contributed by atoms with van der Waals surface area (Å²) in [6.07, 6.45) is 4.25. The lowest BCUT2D eigenvalue weighted by Crippen LogP contribution is -2.43. The molecule has 1 aliphatic rings. The van der Waals surface area contributed by atoms with Crippen LogP contribution < -0.4 is 5.73 Å². The van der Waals surface area contributed by atoms with Gasteiger partial charge in [0.15, 0.2) is 5.78 Å². The van der Waals surface area contributed by atoms with Gasteiger partial charge < -0.3 is 10.6 Å². The van der Waals surface area contributed by atoms with Crippen LogP contribution in [-0.4, -0.2) is 61.5 Å². The molecule has 2 unspecified atom stereocenters. The molecule has 2 atom stereocenters. The van der Waals surface area contributed by atoms with Gasteiger partial charge in [0.2, 0.25) is 0 Å². The fourth-order valence-corrected chi connectivity index (χ4v) is 3.54. The van der Waals surface area contributed by atoms with Crippen LogP contribution in [-0.2, 0) is 4.79 Å². The molecule has 1 aliphatic heterocycles. The van der Waals surface area contributed by atoms with Crippen molar-refractivity contribution in [2.75, 3.05) is 26.8 Å². The third-order valence-electron chi connectivity index (χ3n) is 4.70. The molecule has 0 aromatic heterocycles. The third-order valence-corrected chi connectivity index (χ3v) is 5.33. The van der Waals surface area contributed by atoms with E-state index in [0.717, 1.165) is 6.20 Å². The monoisotopic (exact) mass is 453 g/mol. The van der Waals surface area contributed by atoms with E-state index in [0.29, 0.717) is 0 Å². The van der Waals surface area contributed by atoms with Crippen molar-refractivity contribution in [3.05, 3.63) is 45.6 Å². The number of aliphatic imine (C=N–C) groups is 1. The summed E-state index contributed by atoms with van der Waals surface area (Å²) in [7, 11) is 1.36. The number of hydrogen-bond acceptors (Lipinski definition) is 6. The lowest BCUT2D eigenvalue weighted by atomic mass is 9.94. The second-order valence-corrected chi connectivity index (χ2v) is 7.46. The first kappa shape index (κ1) is 23.7. The topological polar surface area (TPSA) is 100 Å². The molecule has 0 fully saturated rings. The van der Waals surface area contributed by atoms with Crippen LogP contribution in [0.2, 0.25) is 10.0 Å². The van der Waals surface area contributed by atoms with Gasteiger partial charge in [0.25, 0.3) is 5.91 Å². The summed E-state index contributed by atoms with van der Waals surface area (Å²) in [5, 5.41) is 8.06. The largest absolute Gasteiger partial charge is 0.404 e. The number of alkyl halides is 1. The van der Waals surface area contributed by atoms with Gasteiger partial charge in [0.1, 0.15) is 6.67 Å². The molecule has 30 heavy (non-hydrogen) atoms. The molecule has 0 saturated carbocycles. The smallest absolute Gasteiger partial charge is 0.257 e. The van der Waals surface area contributed by atoms with Crippen LogP contribution in [0.4, 0.5) is 4.39 Å². The number of Topliss-reactive ketones (excluding diaryl/α,β-unsaturated/α-hetero) is 1. The van der Waals surface area contributed by atoms with E-state index >= 15 is 0 Å². The molecular weight excluding hydrogens is 432 g/mol. The highest BCUT2D eigenvalue weighted by Gasteiger charge is 2.29. The van der Waals surface area contributed by atoms with E-state index < -0.39 is 18.4 Å². The van der Waals surface area contributed by atoms with Crippen LogP contribution in [0.25, 0.3) is 0 Å². The maximum Gasteiger partial charge on any atom is 0.257 e. The Balaban J connectivity index is 2.38. The van der Waals surface area contributed by atoms with Gasteiger partial charge in [0, 0.05) is 44.1 Å². The molecule has 1 amide bonds. The second kappa shape index (κ2) is 11.0. The minimum atomic E-state index is -0.975. The molecule has 2 N–H and O–H groups in total. The number of carbonyl (C=O) groups is 2. The van der Waals surface area contributed by atoms with E-state index in [1.165, 1.54) is 24.1 Å². The lowest BCUT2D eigenvalue weighted by molar-refractivity contribution is -0.126.